The summed E-state index contributed by atoms with van der Waals surface area (Å²) in [6, 6.07) is 0. The number of halogens is 1. The van der Waals surface area contributed by atoms with Gasteiger partial charge in [0, 0.05) is 0 Å². The molecule has 0 unspecified atom stereocenters. The molecule has 0 heterocycles. The van der Waals surface area contributed by atoms with Crippen molar-refractivity contribution in [1.29, 1.82) is 0 Å². The van der Waals surface area contributed by atoms with Gasteiger partial charge >= 0.3 is 121 Å². The maximum absolute atomic E-state index is 8.88. The fraction of sp³-hybridized carbons (Fsp3) is 0. The molecule has 0 atom stereocenters. The molecule has 0 aliphatic heterocycles. The third-order valence-electron chi connectivity index (χ3n) is 0. The van der Waals surface area contributed by atoms with Gasteiger partial charge in [0.1, 0.15) is 0 Å². The van der Waals surface area contributed by atoms with Crippen molar-refractivity contribution in [3.05, 3.63) is 12.1 Å². The van der Waals surface area contributed by atoms with Crippen LogP contribution in [0, 0.1) is 0 Å². The van der Waals surface area contributed by atoms with Gasteiger partial charge in [-0.3, -0.25) is 0 Å². The van der Waals surface area contributed by atoms with E-state index < -0.39 is 7.82 Å². The van der Waals surface area contributed by atoms with E-state index in [4.69, 9.17) is 30.8 Å². The van der Waals surface area contributed by atoms with Crippen molar-refractivity contribution < 1.29 is 27.8 Å². The van der Waals surface area contributed by atoms with Gasteiger partial charge in [-0.15, -0.1) is 0 Å². The van der Waals surface area contributed by atoms with E-state index in [0.717, 1.165) is 0 Å². The van der Waals surface area contributed by atoms with Crippen LogP contribution < -0.4 is 0 Å². The largest absolute Gasteiger partial charge is 2.00 e. The van der Waals surface area contributed by atoms with Crippen molar-refractivity contribution in [3.63, 3.8) is 0 Å². The average Bonchev–Trinajstić information content (AvgIpc) is 1.27. The Labute approximate surface area is 169 Å². The molecule has 0 saturated heterocycles. The SMILES string of the molecule is C=CCl.O=P(O)(O)O.[Ca+2].[Ca+2].[Ca+2].[H-].[H-].[H-].[H-].[H-].[H-]. The van der Waals surface area contributed by atoms with E-state index >= 15 is 0 Å². The molecule has 0 radical (unpaired) electrons. The summed E-state index contributed by atoms with van der Waals surface area (Å²) in [7, 11) is -4.64. The van der Waals surface area contributed by atoms with Gasteiger partial charge in [-0.25, -0.2) is 4.57 Å². The number of hydrogen-bond donors (Lipinski definition) is 3. The minimum Gasteiger partial charge on any atom is -1.00 e. The van der Waals surface area contributed by atoms with Gasteiger partial charge in [-0.1, -0.05) is 18.2 Å². The molecular weight excluding hydrogens is 275 g/mol. The van der Waals surface area contributed by atoms with E-state index in [1.807, 2.05) is 0 Å². The second-order valence-corrected chi connectivity index (χ2v) is 2.00. The summed E-state index contributed by atoms with van der Waals surface area (Å²) < 4.78 is 8.88. The fourth-order valence-electron chi connectivity index (χ4n) is 0. The van der Waals surface area contributed by atoms with E-state index in [1.165, 1.54) is 5.54 Å². The molecule has 0 rings (SSSR count). The first-order chi connectivity index (χ1) is 3.41. The Morgan fingerprint density at radius 2 is 1.27 bits per heavy atom. The van der Waals surface area contributed by atoms with Gasteiger partial charge in [0.15, 0.2) is 0 Å². The number of phosphoric acid groups is 1. The summed E-state index contributed by atoms with van der Waals surface area (Å²) in [4.78, 5) is 21.6. The van der Waals surface area contributed by atoms with Gasteiger partial charge in [-0.2, -0.15) is 0 Å². The smallest absolute Gasteiger partial charge is 1.00 e. The number of hydrogen-bond acceptors (Lipinski definition) is 1. The summed E-state index contributed by atoms with van der Waals surface area (Å²) in [6.07, 6.45) is 0. The van der Waals surface area contributed by atoms with Crippen molar-refractivity contribution in [2.24, 2.45) is 0 Å². The first-order valence-electron chi connectivity index (χ1n) is 1.41. The van der Waals surface area contributed by atoms with Crippen LogP contribution >= 0.6 is 19.4 Å². The predicted octanol–water partition coefficient (Wildman–Crippen LogP) is -0.0273. The molecule has 9 heteroatoms. The zero-order valence-electron chi connectivity index (χ0n) is 12.0. The Morgan fingerprint density at radius 1 is 1.27 bits per heavy atom. The first kappa shape index (κ1) is 29.4. The Balaban J connectivity index is -0.00000000317. The molecule has 11 heavy (non-hydrogen) atoms. The van der Waals surface area contributed by atoms with Crippen molar-refractivity contribution in [1.82, 2.24) is 0 Å². The second kappa shape index (κ2) is 19.5. The summed E-state index contributed by atoms with van der Waals surface area (Å²) >= 11 is 4.76. The molecule has 0 spiro atoms. The van der Waals surface area contributed by atoms with Gasteiger partial charge in [0.05, 0.1) is 0 Å². The zero-order chi connectivity index (χ0) is 7.21. The molecule has 0 aromatic carbocycles. The van der Waals surface area contributed by atoms with Crippen LogP contribution in [0.15, 0.2) is 12.1 Å². The molecule has 0 amide bonds. The summed E-state index contributed by atoms with van der Waals surface area (Å²) in [5.74, 6) is 0. The second-order valence-electron chi connectivity index (χ2n) is 0.668. The van der Waals surface area contributed by atoms with E-state index in [2.05, 4.69) is 6.58 Å². The standard InChI is InChI=1S/C2H3Cl.3Ca.H3O4P.6H/c1-2-3;;;;1-5(2,3)4;;;;;;/h2H,1H2;;;;(H3,1,2,3,4);;;;;;/q;3*+2;;6*-1. The third kappa shape index (κ3) is 129. The molecule has 0 saturated carbocycles. The molecule has 0 aromatic heterocycles. The maximum Gasteiger partial charge on any atom is 2.00 e. The average molecular weight is 287 g/mol. The minimum absolute atomic E-state index is 0. The van der Waals surface area contributed by atoms with Crippen LogP contribution in [0.4, 0.5) is 0 Å². The van der Waals surface area contributed by atoms with Crippen molar-refractivity contribution in [2.45, 2.75) is 0 Å². The van der Waals surface area contributed by atoms with Crippen LogP contribution in [0.1, 0.15) is 8.56 Å². The van der Waals surface area contributed by atoms with Gasteiger partial charge in [0.2, 0.25) is 0 Å². The minimum atomic E-state index is -4.64. The van der Waals surface area contributed by atoms with Crippen LogP contribution in [0.25, 0.3) is 0 Å². The monoisotopic (exact) mass is 286 g/mol. The summed E-state index contributed by atoms with van der Waals surface area (Å²) in [6.45, 7) is 3.13. The molecular formula is C2H12Ca3ClO4P. The van der Waals surface area contributed by atoms with Gasteiger partial charge in [-0.05, 0) is 5.54 Å². The van der Waals surface area contributed by atoms with Crippen molar-refractivity contribution >= 4 is 133 Å². The summed E-state index contributed by atoms with van der Waals surface area (Å²) in [5.41, 5.74) is 1.22. The Hall–Kier alpha value is 3.92. The maximum atomic E-state index is 8.88. The first-order valence-corrected chi connectivity index (χ1v) is 3.41. The normalized spacial score (nSPS) is 6.55. The molecule has 0 fully saturated rings. The van der Waals surface area contributed by atoms with Crippen LogP contribution in [-0.4, -0.2) is 128 Å². The molecule has 0 aliphatic rings. The quantitative estimate of drug-likeness (QED) is 0.432. The third-order valence-corrected chi connectivity index (χ3v) is 0. The number of rotatable bonds is 0. The molecule has 4 nitrogen and oxygen atoms in total. The van der Waals surface area contributed by atoms with E-state index in [1.54, 1.807) is 0 Å². The Morgan fingerprint density at radius 3 is 1.27 bits per heavy atom. The molecule has 3 N–H and O–H groups in total. The fourth-order valence-corrected chi connectivity index (χ4v) is 0. The van der Waals surface area contributed by atoms with Crippen molar-refractivity contribution in [3.8, 4) is 0 Å². The molecule has 0 aromatic rings. The van der Waals surface area contributed by atoms with E-state index in [9.17, 15) is 0 Å². The van der Waals surface area contributed by atoms with Gasteiger partial charge < -0.3 is 23.2 Å². The van der Waals surface area contributed by atoms with Gasteiger partial charge in [0.25, 0.3) is 0 Å². The van der Waals surface area contributed by atoms with E-state index in [0.29, 0.717) is 0 Å². The van der Waals surface area contributed by atoms with Crippen LogP contribution in [0.5, 0.6) is 0 Å². The topological polar surface area (TPSA) is 77.8 Å². The predicted molar refractivity (Wildman–Crippen MR) is 54.2 cm³/mol. The van der Waals surface area contributed by atoms with Crippen molar-refractivity contribution in [2.75, 3.05) is 0 Å². The Bertz CT molecular complexity index is 113. The molecule has 0 aliphatic carbocycles. The van der Waals surface area contributed by atoms with Crippen LogP contribution in [0.3, 0.4) is 0 Å². The van der Waals surface area contributed by atoms with Crippen LogP contribution in [-0.2, 0) is 4.57 Å². The van der Waals surface area contributed by atoms with E-state index in [-0.39, 0.29) is 122 Å². The summed E-state index contributed by atoms with van der Waals surface area (Å²) in [5, 5.41) is 0. The molecule has 62 valence electrons. The molecule has 0 bridgehead atoms. The Kier molecular flexibility index (Phi) is 52.0. The van der Waals surface area contributed by atoms with Crippen LogP contribution in [0.2, 0.25) is 0 Å². The zero-order valence-corrected chi connectivity index (χ0v) is 14.3.